The summed E-state index contributed by atoms with van der Waals surface area (Å²) in [7, 11) is 0. The minimum absolute atomic E-state index is 0.236. The largest absolute Gasteiger partial charge is 0.480 e. The van der Waals surface area contributed by atoms with Gasteiger partial charge in [0.1, 0.15) is 18.2 Å². The Balaban J connectivity index is 2.39. The van der Waals surface area contributed by atoms with Crippen molar-refractivity contribution in [1.82, 2.24) is 10.2 Å². The zero-order chi connectivity index (χ0) is 15.6. The second kappa shape index (κ2) is 5.57. The summed E-state index contributed by atoms with van der Waals surface area (Å²) in [4.78, 5) is 45.9. The number of amides is 2. The van der Waals surface area contributed by atoms with Crippen LogP contribution < -0.4 is 5.32 Å². The molecule has 9 heteroatoms. The van der Waals surface area contributed by atoms with E-state index in [0.717, 1.165) is 11.0 Å². The second-order valence-electron chi connectivity index (χ2n) is 4.37. The molecule has 0 aliphatic carbocycles. The molecule has 2 N–H and O–H groups in total. The Hall–Kier alpha value is -2.97. The lowest BCUT2D eigenvalue weighted by Gasteiger charge is -2.32. The Morgan fingerprint density at radius 2 is 2.05 bits per heavy atom. The summed E-state index contributed by atoms with van der Waals surface area (Å²) in [6.45, 7) is -0.692. The van der Waals surface area contributed by atoms with E-state index in [0.29, 0.717) is 0 Å². The van der Waals surface area contributed by atoms with Gasteiger partial charge in [-0.3, -0.25) is 19.7 Å². The van der Waals surface area contributed by atoms with E-state index in [9.17, 15) is 24.5 Å². The van der Waals surface area contributed by atoms with Crippen LogP contribution >= 0.6 is 0 Å². The number of carboxylic acid groups (broad SMARTS) is 1. The normalized spacial score (nSPS) is 18.0. The Labute approximate surface area is 118 Å². The first-order chi connectivity index (χ1) is 9.91. The average Bonchev–Trinajstić information content (AvgIpc) is 2.46. The minimum Gasteiger partial charge on any atom is -0.480 e. The van der Waals surface area contributed by atoms with Gasteiger partial charge in [0.2, 0.25) is 5.91 Å². The first-order valence-corrected chi connectivity index (χ1v) is 5.95. The van der Waals surface area contributed by atoms with Gasteiger partial charge in [-0.15, -0.1) is 0 Å². The van der Waals surface area contributed by atoms with Gasteiger partial charge in [-0.2, -0.15) is 0 Å². The molecule has 0 radical (unpaired) electrons. The predicted molar refractivity (Wildman–Crippen MR) is 68.6 cm³/mol. The number of piperazine rings is 1. The number of hydrogen-bond acceptors (Lipinski definition) is 5. The van der Waals surface area contributed by atoms with Crippen LogP contribution in [0.25, 0.3) is 0 Å². The number of rotatable bonds is 3. The van der Waals surface area contributed by atoms with Crippen molar-refractivity contribution in [3.8, 4) is 0 Å². The third kappa shape index (κ3) is 2.81. The van der Waals surface area contributed by atoms with Crippen LogP contribution in [-0.2, 0) is 9.59 Å². The molecular weight excluding hydrogens is 282 g/mol. The van der Waals surface area contributed by atoms with E-state index in [1.165, 1.54) is 18.2 Å². The average molecular weight is 293 g/mol. The van der Waals surface area contributed by atoms with Gasteiger partial charge in [0.25, 0.3) is 11.6 Å². The van der Waals surface area contributed by atoms with E-state index in [1.54, 1.807) is 0 Å². The number of nitrogens with one attached hydrogen (secondary N) is 1. The summed E-state index contributed by atoms with van der Waals surface area (Å²) >= 11 is 0. The molecule has 2 amide bonds. The number of benzene rings is 1. The molecule has 1 aliphatic rings. The maximum Gasteiger partial charge on any atom is 0.328 e. The zero-order valence-corrected chi connectivity index (χ0v) is 10.7. The lowest BCUT2D eigenvalue weighted by Crippen LogP contribution is -2.59. The molecule has 9 nitrogen and oxygen atoms in total. The van der Waals surface area contributed by atoms with Crippen LogP contribution in [0.15, 0.2) is 24.3 Å². The van der Waals surface area contributed by atoms with Gasteiger partial charge in [0.15, 0.2) is 0 Å². The maximum absolute atomic E-state index is 12.4. The number of carbonyl (C=O) groups is 3. The Morgan fingerprint density at radius 1 is 1.38 bits per heavy atom. The monoisotopic (exact) mass is 293 g/mol. The summed E-state index contributed by atoms with van der Waals surface area (Å²) in [6, 6.07) is 3.95. The van der Waals surface area contributed by atoms with Gasteiger partial charge < -0.3 is 15.3 Å². The van der Waals surface area contributed by atoms with Crippen LogP contribution in [0.2, 0.25) is 0 Å². The number of carboxylic acids is 1. The molecule has 110 valence electrons. The lowest BCUT2D eigenvalue weighted by molar-refractivity contribution is -0.385. The molecule has 1 aromatic carbocycles. The molecule has 0 spiro atoms. The first-order valence-electron chi connectivity index (χ1n) is 5.95. The fourth-order valence-electron chi connectivity index (χ4n) is 2.04. The van der Waals surface area contributed by atoms with Crippen LogP contribution in [0.1, 0.15) is 10.4 Å². The van der Waals surface area contributed by atoms with Crippen molar-refractivity contribution in [3.05, 3.63) is 39.9 Å². The topological polar surface area (TPSA) is 130 Å². The van der Waals surface area contributed by atoms with Gasteiger partial charge in [-0.1, -0.05) is 12.1 Å². The summed E-state index contributed by atoms with van der Waals surface area (Å²) < 4.78 is 0. The van der Waals surface area contributed by atoms with E-state index in [-0.39, 0.29) is 12.1 Å². The second-order valence-corrected chi connectivity index (χ2v) is 4.37. The molecule has 0 aromatic heterocycles. The molecule has 1 aromatic rings. The molecule has 1 fully saturated rings. The van der Waals surface area contributed by atoms with E-state index < -0.39 is 41.0 Å². The van der Waals surface area contributed by atoms with Crippen LogP contribution in [0, 0.1) is 10.1 Å². The van der Waals surface area contributed by atoms with Crippen LogP contribution in [0.3, 0.4) is 0 Å². The third-order valence-corrected chi connectivity index (χ3v) is 3.06. The van der Waals surface area contributed by atoms with Crippen molar-refractivity contribution >= 4 is 23.5 Å². The van der Waals surface area contributed by atoms with E-state index >= 15 is 0 Å². The molecule has 0 saturated carbocycles. The van der Waals surface area contributed by atoms with Crippen LogP contribution in [0.5, 0.6) is 0 Å². The molecule has 2 rings (SSSR count). The summed E-state index contributed by atoms with van der Waals surface area (Å²) in [6.07, 6.45) is 0. The predicted octanol–water partition coefficient (Wildman–Crippen LogP) is -0.380. The van der Waals surface area contributed by atoms with Gasteiger partial charge in [-0.05, 0) is 6.07 Å². The summed E-state index contributed by atoms with van der Waals surface area (Å²) in [5, 5.41) is 22.4. The fraction of sp³-hybridized carbons (Fsp3) is 0.250. The Morgan fingerprint density at radius 3 is 2.67 bits per heavy atom. The molecule has 1 aliphatic heterocycles. The van der Waals surface area contributed by atoms with Crippen LogP contribution in [-0.4, -0.2) is 51.8 Å². The zero-order valence-electron chi connectivity index (χ0n) is 10.7. The van der Waals surface area contributed by atoms with Crippen LogP contribution in [0.4, 0.5) is 5.69 Å². The van der Waals surface area contributed by atoms with Gasteiger partial charge in [-0.25, -0.2) is 4.79 Å². The maximum atomic E-state index is 12.4. The quantitative estimate of drug-likeness (QED) is 0.577. The number of aliphatic carboxylic acids is 1. The number of nitro benzene ring substituents is 1. The molecule has 1 heterocycles. The number of hydrogen-bond donors (Lipinski definition) is 2. The first kappa shape index (κ1) is 14.4. The smallest absolute Gasteiger partial charge is 0.328 e. The lowest BCUT2D eigenvalue weighted by atomic mass is 10.1. The van der Waals surface area contributed by atoms with Crippen molar-refractivity contribution < 1.29 is 24.4 Å². The Bertz CT molecular complexity index is 629. The van der Waals surface area contributed by atoms with Crippen molar-refractivity contribution in [1.29, 1.82) is 0 Å². The van der Waals surface area contributed by atoms with Gasteiger partial charge in [0.05, 0.1) is 4.92 Å². The molecule has 1 saturated heterocycles. The van der Waals surface area contributed by atoms with Crippen molar-refractivity contribution in [3.63, 3.8) is 0 Å². The Kier molecular flexibility index (Phi) is 3.83. The number of para-hydroxylation sites is 1. The van der Waals surface area contributed by atoms with Gasteiger partial charge in [0, 0.05) is 12.6 Å². The standard InChI is InChI=1S/C12H11N3O6/c16-10-6-14(9(5-13-10)12(18)19)11(17)7-3-1-2-4-8(7)15(20)21/h1-4,9H,5-6H2,(H,13,16)(H,18,19). The summed E-state index contributed by atoms with van der Waals surface area (Å²) in [5.41, 5.74) is -0.680. The molecular formula is C12H11N3O6. The highest BCUT2D eigenvalue weighted by atomic mass is 16.6. The highest BCUT2D eigenvalue weighted by molar-refractivity contribution is 6.02. The van der Waals surface area contributed by atoms with E-state index in [1.807, 2.05) is 0 Å². The molecule has 21 heavy (non-hydrogen) atoms. The van der Waals surface area contributed by atoms with E-state index in [2.05, 4.69) is 5.32 Å². The SMILES string of the molecule is O=C1CN(C(=O)c2ccccc2[N+](=O)[O-])C(C(=O)O)CN1. The third-order valence-electron chi connectivity index (χ3n) is 3.06. The number of carbonyl (C=O) groups excluding carboxylic acids is 2. The van der Waals surface area contributed by atoms with Crippen molar-refractivity contribution in [2.45, 2.75) is 6.04 Å². The molecule has 1 unspecified atom stereocenters. The van der Waals surface area contributed by atoms with E-state index in [4.69, 9.17) is 5.11 Å². The fourth-order valence-corrected chi connectivity index (χ4v) is 2.04. The highest BCUT2D eigenvalue weighted by Crippen LogP contribution is 2.21. The highest BCUT2D eigenvalue weighted by Gasteiger charge is 2.37. The minimum atomic E-state index is -1.29. The summed E-state index contributed by atoms with van der Waals surface area (Å²) in [5.74, 6) is -2.66. The van der Waals surface area contributed by atoms with Crippen molar-refractivity contribution in [2.24, 2.45) is 0 Å². The molecule has 0 bridgehead atoms. The number of nitro groups is 1. The number of nitrogens with zero attached hydrogens (tertiary/aromatic N) is 2. The molecule has 1 atom stereocenters. The van der Waals surface area contributed by atoms with Gasteiger partial charge >= 0.3 is 5.97 Å². The van der Waals surface area contributed by atoms with Crippen molar-refractivity contribution in [2.75, 3.05) is 13.1 Å².